The fourth-order valence-corrected chi connectivity index (χ4v) is 2.14. The summed E-state index contributed by atoms with van der Waals surface area (Å²) in [4.78, 5) is 0. The molecule has 0 fully saturated rings. The molecule has 0 heterocycles. The summed E-state index contributed by atoms with van der Waals surface area (Å²) in [6.07, 6.45) is 0. The van der Waals surface area contributed by atoms with Crippen molar-refractivity contribution in [2.75, 3.05) is 20.0 Å². The third-order valence-electron chi connectivity index (χ3n) is 1.75. The van der Waals surface area contributed by atoms with Crippen molar-refractivity contribution in [3.63, 3.8) is 0 Å². The Bertz CT molecular complexity index is 344. The molecule has 0 spiro atoms. The number of phosphoric acid groups is 1. The van der Waals surface area contributed by atoms with E-state index < -0.39 is 7.82 Å². The SMILES string of the molecule is CCOP(=O)(OCC)OCOc1ccccc1. The van der Waals surface area contributed by atoms with Crippen molar-refractivity contribution < 1.29 is 22.9 Å². The minimum Gasteiger partial charge on any atom is -0.467 e. The molecule has 0 N–H and O–H groups in total. The van der Waals surface area contributed by atoms with Crippen molar-refractivity contribution in [3.8, 4) is 5.75 Å². The van der Waals surface area contributed by atoms with Gasteiger partial charge in [-0.25, -0.2) is 9.09 Å². The van der Waals surface area contributed by atoms with Gasteiger partial charge in [-0.05, 0) is 26.0 Å². The van der Waals surface area contributed by atoms with Crippen molar-refractivity contribution in [3.05, 3.63) is 30.3 Å². The summed E-state index contributed by atoms with van der Waals surface area (Å²) in [5.41, 5.74) is 0. The van der Waals surface area contributed by atoms with Gasteiger partial charge in [0.05, 0.1) is 13.2 Å². The van der Waals surface area contributed by atoms with E-state index in [2.05, 4.69) is 0 Å². The lowest BCUT2D eigenvalue weighted by Gasteiger charge is -2.16. The summed E-state index contributed by atoms with van der Waals surface area (Å²) in [6.45, 7) is 3.76. The Morgan fingerprint density at radius 2 is 1.59 bits per heavy atom. The number of phosphoric ester groups is 1. The van der Waals surface area contributed by atoms with Crippen molar-refractivity contribution in [2.45, 2.75) is 13.8 Å². The zero-order valence-corrected chi connectivity index (χ0v) is 10.9. The van der Waals surface area contributed by atoms with Crippen LogP contribution >= 0.6 is 7.82 Å². The normalized spacial score (nSPS) is 11.4. The highest BCUT2D eigenvalue weighted by atomic mass is 31.2. The average Bonchev–Trinajstić information content (AvgIpc) is 2.31. The molecule has 0 aromatic heterocycles. The van der Waals surface area contributed by atoms with Crippen LogP contribution in [0.25, 0.3) is 0 Å². The first-order valence-corrected chi connectivity index (χ1v) is 6.87. The standard InChI is InChI=1S/C11H17O5P/c1-3-14-17(12,15-4-2)16-10-13-11-8-6-5-7-9-11/h5-9H,3-4,10H2,1-2H3. The van der Waals surface area contributed by atoms with Crippen LogP contribution in [0.3, 0.4) is 0 Å². The van der Waals surface area contributed by atoms with Crippen LogP contribution in [0.2, 0.25) is 0 Å². The fraction of sp³-hybridized carbons (Fsp3) is 0.455. The predicted octanol–water partition coefficient (Wildman–Crippen LogP) is 3.22. The van der Waals surface area contributed by atoms with Gasteiger partial charge in [-0.15, -0.1) is 0 Å². The van der Waals surface area contributed by atoms with Crippen LogP contribution in [0.5, 0.6) is 5.75 Å². The van der Waals surface area contributed by atoms with Gasteiger partial charge < -0.3 is 4.74 Å². The fourth-order valence-electron chi connectivity index (χ4n) is 1.10. The van der Waals surface area contributed by atoms with Crippen LogP contribution in [0.4, 0.5) is 0 Å². The van der Waals surface area contributed by atoms with Gasteiger partial charge in [0.1, 0.15) is 5.75 Å². The Morgan fingerprint density at radius 3 is 2.12 bits per heavy atom. The Labute approximate surface area is 101 Å². The number of hydrogen-bond acceptors (Lipinski definition) is 5. The van der Waals surface area contributed by atoms with E-state index in [4.69, 9.17) is 18.3 Å². The van der Waals surface area contributed by atoms with Crippen LogP contribution < -0.4 is 4.74 Å². The molecule has 0 amide bonds. The van der Waals surface area contributed by atoms with E-state index in [0.717, 1.165) is 0 Å². The van der Waals surface area contributed by atoms with Gasteiger partial charge in [-0.2, -0.15) is 0 Å². The highest BCUT2D eigenvalue weighted by Gasteiger charge is 2.25. The molecule has 0 saturated heterocycles. The lowest BCUT2D eigenvalue weighted by atomic mass is 10.3. The largest absolute Gasteiger partial charge is 0.477 e. The van der Waals surface area contributed by atoms with E-state index >= 15 is 0 Å². The van der Waals surface area contributed by atoms with Crippen molar-refractivity contribution in [1.82, 2.24) is 0 Å². The van der Waals surface area contributed by atoms with Crippen LogP contribution in [0.1, 0.15) is 13.8 Å². The second-order valence-electron chi connectivity index (χ2n) is 2.99. The van der Waals surface area contributed by atoms with Gasteiger partial charge in [-0.1, -0.05) is 18.2 Å². The molecular weight excluding hydrogens is 243 g/mol. The molecule has 0 bridgehead atoms. The monoisotopic (exact) mass is 260 g/mol. The smallest absolute Gasteiger partial charge is 0.467 e. The lowest BCUT2D eigenvalue weighted by Crippen LogP contribution is -2.05. The van der Waals surface area contributed by atoms with Crippen molar-refractivity contribution >= 4 is 7.82 Å². The molecule has 1 aromatic rings. The topological polar surface area (TPSA) is 54.0 Å². The third kappa shape index (κ3) is 5.33. The first-order valence-electron chi connectivity index (χ1n) is 5.41. The first-order chi connectivity index (χ1) is 8.20. The van der Waals surface area contributed by atoms with Gasteiger partial charge in [-0.3, -0.25) is 9.05 Å². The third-order valence-corrected chi connectivity index (χ3v) is 3.32. The Hall–Kier alpha value is -0.870. The van der Waals surface area contributed by atoms with Crippen LogP contribution in [-0.4, -0.2) is 20.0 Å². The summed E-state index contributed by atoms with van der Waals surface area (Å²) in [5, 5.41) is 0. The molecule has 5 nitrogen and oxygen atoms in total. The van der Waals surface area contributed by atoms with Crippen LogP contribution in [-0.2, 0) is 18.1 Å². The van der Waals surface area contributed by atoms with E-state index in [1.807, 2.05) is 18.2 Å². The number of para-hydroxylation sites is 1. The maximum atomic E-state index is 11.9. The second kappa shape index (κ2) is 7.45. The van der Waals surface area contributed by atoms with Crippen molar-refractivity contribution in [1.29, 1.82) is 0 Å². The van der Waals surface area contributed by atoms with Gasteiger partial charge in [0.25, 0.3) is 0 Å². The maximum Gasteiger partial charge on any atom is 0.477 e. The maximum absolute atomic E-state index is 11.9. The second-order valence-corrected chi connectivity index (χ2v) is 4.66. The highest BCUT2D eigenvalue weighted by Crippen LogP contribution is 2.49. The van der Waals surface area contributed by atoms with Crippen LogP contribution in [0.15, 0.2) is 30.3 Å². The van der Waals surface area contributed by atoms with E-state index in [1.54, 1.807) is 26.0 Å². The average molecular weight is 260 g/mol. The molecule has 1 rings (SSSR count). The van der Waals surface area contributed by atoms with Crippen LogP contribution in [0, 0.1) is 0 Å². The Morgan fingerprint density at radius 1 is 1.00 bits per heavy atom. The van der Waals surface area contributed by atoms with E-state index in [9.17, 15) is 4.57 Å². The molecule has 0 saturated carbocycles. The predicted molar refractivity (Wildman–Crippen MR) is 63.9 cm³/mol. The zero-order valence-electron chi connectivity index (χ0n) is 10.00. The Balaban J connectivity index is 2.40. The summed E-state index contributed by atoms with van der Waals surface area (Å²) in [6, 6.07) is 9.09. The van der Waals surface area contributed by atoms with E-state index in [-0.39, 0.29) is 20.0 Å². The molecule has 96 valence electrons. The number of ether oxygens (including phenoxy) is 1. The van der Waals surface area contributed by atoms with Gasteiger partial charge >= 0.3 is 7.82 Å². The molecule has 0 aliphatic heterocycles. The molecule has 0 unspecified atom stereocenters. The quantitative estimate of drug-likeness (QED) is 0.530. The molecule has 6 heteroatoms. The minimum absolute atomic E-state index is 0.179. The first kappa shape index (κ1) is 14.2. The number of benzene rings is 1. The van der Waals surface area contributed by atoms with Gasteiger partial charge in [0.2, 0.25) is 0 Å². The molecule has 1 aromatic carbocycles. The minimum atomic E-state index is -3.48. The highest BCUT2D eigenvalue weighted by molar-refractivity contribution is 7.48. The summed E-state index contributed by atoms with van der Waals surface area (Å²) < 4.78 is 32.0. The molecule has 0 aliphatic rings. The number of hydrogen-bond donors (Lipinski definition) is 0. The summed E-state index contributed by atoms with van der Waals surface area (Å²) in [7, 11) is -3.48. The molecule has 0 radical (unpaired) electrons. The van der Waals surface area contributed by atoms with Crippen molar-refractivity contribution in [2.24, 2.45) is 0 Å². The van der Waals surface area contributed by atoms with E-state index in [1.165, 1.54) is 0 Å². The van der Waals surface area contributed by atoms with E-state index in [0.29, 0.717) is 5.75 Å². The molecule has 0 aliphatic carbocycles. The summed E-state index contributed by atoms with van der Waals surface area (Å²) >= 11 is 0. The Kier molecular flexibility index (Phi) is 6.22. The van der Waals surface area contributed by atoms with Gasteiger partial charge in [0.15, 0.2) is 6.79 Å². The van der Waals surface area contributed by atoms with Gasteiger partial charge in [0, 0.05) is 0 Å². The molecular formula is C11H17O5P. The molecule has 0 atom stereocenters. The molecule has 17 heavy (non-hydrogen) atoms. The number of rotatable bonds is 8. The zero-order chi connectivity index (χ0) is 12.6. The summed E-state index contributed by atoms with van der Waals surface area (Å²) in [5.74, 6) is 0.632. The lowest BCUT2D eigenvalue weighted by molar-refractivity contribution is 0.0538.